The number of carbonyl (C=O) groups excluding carboxylic acids is 1. The van der Waals surface area contributed by atoms with Gasteiger partial charge in [-0.25, -0.2) is 4.98 Å². The van der Waals surface area contributed by atoms with E-state index in [1.807, 2.05) is 32.9 Å². The Labute approximate surface area is 184 Å². The number of thioether (sulfide) groups is 1. The van der Waals surface area contributed by atoms with Gasteiger partial charge >= 0.3 is 0 Å². The quantitative estimate of drug-likeness (QED) is 0.575. The lowest BCUT2D eigenvalue weighted by Crippen LogP contribution is -2.32. The number of amides is 1. The molecular weight excluding hydrogens is 418 g/mol. The first kappa shape index (κ1) is 21.2. The monoisotopic (exact) mass is 445 g/mol. The molecule has 0 unspecified atom stereocenters. The van der Waals surface area contributed by atoms with Gasteiger partial charge in [0, 0.05) is 17.8 Å². The molecule has 160 valence electrons. The highest BCUT2D eigenvalue weighted by Crippen LogP contribution is 2.47. The smallest absolute Gasteiger partial charge is 0.259 e. The van der Waals surface area contributed by atoms with Gasteiger partial charge in [-0.15, -0.1) is 23.1 Å². The number of carbonyl (C=O) groups is 1. The molecule has 1 fully saturated rings. The SMILES string of the molecule is Cc1sc2nc(CS[C@H](C)C(=O)N(C)Cc3ccc([C@H]4C[C@@H]4C)o3)[nH]c(=O)c2c1C. The summed E-state index contributed by atoms with van der Waals surface area (Å²) in [6.45, 7) is 8.52. The van der Waals surface area contributed by atoms with E-state index in [-0.39, 0.29) is 16.7 Å². The van der Waals surface area contributed by atoms with Gasteiger partial charge in [0.15, 0.2) is 0 Å². The molecular formula is C22H27N3O3S2. The number of nitrogens with one attached hydrogen (secondary N) is 1. The van der Waals surface area contributed by atoms with Crippen LogP contribution in [0, 0.1) is 19.8 Å². The van der Waals surface area contributed by atoms with E-state index in [2.05, 4.69) is 16.9 Å². The summed E-state index contributed by atoms with van der Waals surface area (Å²) in [5.41, 5.74) is 0.887. The minimum Gasteiger partial charge on any atom is -0.464 e. The van der Waals surface area contributed by atoms with Gasteiger partial charge in [0.05, 0.1) is 22.9 Å². The van der Waals surface area contributed by atoms with Crippen molar-refractivity contribution in [1.82, 2.24) is 14.9 Å². The number of aromatic amines is 1. The molecule has 0 spiro atoms. The lowest BCUT2D eigenvalue weighted by Gasteiger charge is -2.20. The number of aryl methyl sites for hydroxylation is 2. The Morgan fingerprint density at radius 1 is 1.43 bits per heavy atom. The van der Waals surface area contributed by atoms with Crippen LogP contribution in [0.25, 0.3) is 10.2 Å². The van der Waals surface area contributed by atoms with Crippen LogP contribution >= 0.6 is 23.1 Å². The first-order valence-electron chi connectivity index (χ1n) is 10.2. The predicted molar refractivity (Wildman–Crippen MR) is 122 cm³/mol. The molecule has 0 saturated heterocycles. The van der Waals surface area contributed by atoms with Gasteiger partial charge in [-0.2, -0.15) is 0 Å². The van der Waals surface area contributed by atoms with Crippen LogP contribution < -0.4 is 5.56 Å². The minimum atomic E-state index is -0.249. The molecule has 3 aromatic heterocycles. The van der Waals surface area contributed by atoms with Crippen molar-refractivity contribution in [2.45, 2.75) is 57.6 Å². The zero-order chi connectivity index (χ0) is 21.6. The maximum Gasteiger partial charge on any atom is 0.259 e. The molecule has 0 radical (unpaired) electrons. The molecule has 6 nitrogen and oxygen atoms in total. The van der Waals surface area contributed by atoms with E-state index in [1.165, 1.54) is 29.5 Å². The first-order valence-corrected chi connectivity index (χ1v) is 12.0. The first-order chi connectivity index (χ1) is 14.2. The maximum absolute atomic E-state index is 12.8. The molecule has 0 bridgehead atoms. The van der Waals surface area contributed by atoms with Crippen LogP contribution in [0.4, 0.5) is 0 Å². The molecule has 1 aliphatic carbocycles. The summed E-state index contributed by atoms with van der Waals surface area (Å²) in [5.74, 6) is 4.20. The van der Waals surface area contributed by atoms with Crippen molar-refractivity contribution in [3.8, 4) is 0 Å². The fourth-order valence-corrected chi connectivity index (χ4v) is 5.58. The third-order valence-electron chi connectivity index (χ3n) is 5.83. The van der Waals surface area contributed by atoms with E-state index in [0.29, 0.717) is 35.3 Å². The van der Waals surface area contributed by atoms with E-state index in [4.69, 9.17) is 4.42 Å². The van der Waals surface area contributed by atoms with Gasteiger partial charge in [-0.05, 0) is 50.8 Å². The third kappa shape index (κ3) is 4.21. The van der Waals surface area contributed by atoms with Gasteiger partial charge in [-0.1, -0.05) is 6.92 Å². The molecule has 0 aliphatic heterocycles. The molecule has 8 heteroatoms. The molecule has 3 atom stereocenters. The Morgan fingerprint density at radius 2 is 2.17 bits per heavy atom. The highest BCUT2D eigenvalue weighted by molar-refractivity contribution is 7.99. The zero-order valence-electron chi connectivity index (χ0n) is 17.9. The lowest BCUT2D eigenvalue weighted by atomic mass is 10.2. The molecule has 1 N–H and O–H groups in total. The Balaban J connectivity index is 1.35. The molecule has 30 heavy (non-hydrogen) atoms. The number of hydrogen-bond acceptors (Lipinski definition) is 6. The van der Waals surface area contributed by atoms with Gasteiger partial charge in [-0.3, -0.25) is 9.59 Å². The van der Waals surface area contributed by atoms with Crippen molar-refractivity contribution >= 4 is 39.2 Å². The second-order valence-corrected chi connectivity index (χ2v) is 10.8. The van der Waals surface area contributed by atoms with E-state index in [1.54, 1.807) is 11.9 Å². The molecule has 3 heterocycles. The second-order valence-electron chi connectivity index (χ2n) is 8.25. The summed E-state index contributed by atoms with van der Waals surface area (Å²) >= 11 is 3.01. The average molecular weight is 446 g/mol. The summed E-state index contributed by atoms with van der Waals surface area (Å²) in [6.07, 6.45) is 1.18. The summed E-state index contributed by atoms with van der Waals surface area (Å²) in [5, 5.41) is 0.425. The highest BCUT2D eigenvalue weighted by Gasteiger charge is 2.36. The molecule has 4 rings (SSSR count). The fourth-order valence-electron chi connectivity index (χ4n) is 3.66. The van der Waals surface area contributed by atoms with Crippen molar-refractivity contribution < 1.29 is 9.21 Å². The number of nitrogens with zero attached hydrogens (tertiary/aromatic N) is 2. The van der Waals surface area contributed by atoms with Gasteiger partial charge in [0.2, 0.25) is 5.91 Å². The van der Waals surface area contributed by atoms with Crippen LogP contribution in [0.2, 0.25) is 0 Å². The van der Waals surface area contributed by atoms with Crippen LogP contribution in [-0.4, -0.2) is 33.1 Å². The van der Waals surface area contributed by atoms with Crippen molar-refractivity contribution in [2.75, 3.05) is 7.05 Å². The predicted octanol–water partition coefficient (Wildman–Crippen LogP) is 4.60. The van der Waals surface area contributed by atoms with E-state index in [9.17, 15) is 9.59 Å². The molecule has 0 aromatic carbocycles. The summed E-state index contributed by atoms with van der Waals surface area (Å²) in [7, 11) is 1.80. The Kier molecular flexibility index (Phi) is 5.81. The van der Waals surface area contributed by atoms with Crippen LogP contribution in [0.3, 0.4) is 0 Å². The maximum atomic E-state index is 12.8. The molecule has 1 aliphatic rings. The molecule has 3 aromatic rings. The van der Waals surface area contributed by atoms with Gasteiger partial charge in [0.1, 0.15) is 22.2 Å². The minimum absolute atomic E-state index is 0.0315. The van der Waals surface area contributed by atoms with Crippen molar-refractivity contribution in [3.63, 3.8) is 0 Å². The summed E-state index contributed by atoms with van der Waals surface area (Å²) in [6, 6.07) is 4.00. The van der Waals surface area contributed by atoms with Gasteiger partial charge < -0.3 is 14.3 Å². The van der Waals surface area contributed by atoms with E-state index < -0.39 is 0 Å². The average Bonchev–Trinajstić information content (AvgIpc) is 3.12. The Bertz CT molecular complexity index is 1150. The normalized spacial score (nSPS) is 19.2. The Hall–Kier alpha value is -2.06. The van der Waals surface area contributed by atoms with Crippen LogP contribution in [-0.2, 0) is 17.1 Å². The number of thiophene rings is 1. The van der Waals surface area contributed by atoms with E-state index in [0.717, 1.165) is 26.8 Å². The topological polar surface area (TPSA) is 79.2 Å². The number of rotatable bonds is 7. The largest absolute Gasteiger partial charge is 0.464 e. The zero-order valence-corrected chi connectivity index (χ0v) is 19.6. The number of furan rings is 1. The van der Waals surface area contributed by atoms with E-state index >= 15 is 0 Å². The molecule has 1 saturated carbocycles. The summed E-state index contributed by atoms with van der Waals surface area (Å²) in [4.78, 5) is 36.2. The number of H-pyrrole nitrogens is 1. The second kappa shape index (κ2) is 8.23. The third-order valence-corrected chi connectivity index (χ3v) is 8.08. The van der Waals surface area contributed by atoms with Crippen LogP contribution in [0.15, 0.2) is 21.3 Å². The van der Waals surface area contributed by atoms with Crippen molar-refractivity contribution in [3.05, 3.63) is 50.3 Å². The standard InChI is InChI=1S/C22H27N3O3S2/c1-11-8-16(11)17-7-6-15(28-17)9-25(5)22(27)14(4)29-10-18-23-20(26)19-12(2)13(3)30-21(19)24-18/h6-7,11,14,16H,8-10H2,1-5H3,(H,23,24,26)/t11-,14+,16-/m0/s1. The lowest BCUT2D eigenvalue weighted by molar-refractivity contribution is -0.129. The molecule has 1 amide bonds. The highest BCUT2D eigenvalue weighted by atomic mass is 32.2. The van der Waals surface area contributed by atoms with Gasteiger partial charge in [0.25, 0.3) is 5.56 Å². The fraction of sp³-hybridized carbons (Fsp3) is 0.500. The number of hydrogen-bond donors (Lipinski definition) is 1. The van der Waals surface area contributed by atoms with Crippen molar-refractivity contribution in [2.24, 2.45) is 5.92 Å². The Morgan fingerprint density at radius 3 is 2.87 bits per heavy atom. The van der Waals surface area contributed by atoms with Crippen molar-refractivity contribution in [1.29, 1.82) is 0 Å². The summed E-state index contributed by atoms with van der Waals surface area (Å²) < 4.78 is 5.92. The van der Waals surface area contributed by atoms with Crippen LogP contribution in [0.5, 0.6) is 0 Å². The van der Waals surface area contributed by atoms with Crippen LogP contribution in [0.1, 0.15) is 54.0 Å². The number of fused-ring (bicyclic) bond motifs is 1. The number of aromatic nitrogens is 2.